The Morgan fingerprint density at radius 2 is 2.16 bits per heavy atom. The number of carbonyl (C=O) groups is 1. The van der Waals surface area contributed by atoms with Gasteiger partial charge >= 0.3 is 5.97 Å². The lowest BCUT2D eigenvalue weighted by Gasteiger charge is -2.32. The molecule has 106 valence electrons. The minimum absolute atomic E-state index is 0.308. The van der Waals surface area contributed by atoms with Crippen molar-refractivity contribution in [3.8, 4) is 0 Å². The lowest BCUT2D eigenvalue weighted by atomic mass is 9.83. The highest BCUT2D eigenvalue weighted by Gasteiger charge is 2.27. The number of hydrogen-bond acceptors (Lipinski definition) is 3. The fraction of sp³-hybridized carbons (Fsp3) is 0.714. The molecule has 1 heterocycles. The van der Waals surface area contributed by atoms with Gasteiger partial charge in [-0.25, -0.2) is 4.79 Å². The van der Waals surface area contributed by atoms with Crippen molar-refractivity contribution in [3.63, 3.8) is 0 Å². The molecule has 2 N–H and O–H groups in total. The lowest BCUT2D eigenvalue weighted by molar-refractivity contribution is 0.0697. The van der Waals surface area contributed by atoms with Crippen LogP contribution in [0.5, 0.6) is 0 Å². The number of rotatable bonds is 4. The van der Waals surface area contributed by atoms with Crippen LogP contribution in [0.15, 0.2) is 0 Å². The Bertz CT molecular complexity index is 468. The predicted octanol–water partition coefficient (Wildman–Crippen LogP) is 2.81. The number of carboxylic acid groups (broad SMARTS) is 1. The normalized spacial score (nSPS) is 23.3. The smallest absolute Gasteiger partial charge is 0.341 e. The first-order valence-corrected chi connectivity index (χ1v) is 7.08. The molecule has 1 aromatic rings. The maximum absolute atomic E-state index is 11.4. The van der Waals surface area contributed by atoms with E-state index in [4.69, 9.17) is 0 Å². The number of aromatic carboxylic acids is 1. The average molecular weight is 265 g/mol. The fourth-order valence-electron chi connectivity index (χ4n) is 3.14. The highest BCUT2D eigenvalue weighted by Crippen LogP contribution is 2.30. The van der Waals surface area contributed by atoms with Crippen molar-refractivity contribution in [1.82, 2.24) is 9.78 Å². The first-order valence-electron chi connectivity index (χ1n) is 7.08. The summed E-state index contributed by atoms with van der Waals surface area (Å²) in [6.45, 7) is 3.95. The molecule has 5 nitrogen and oxygen atoms in total. The average Bonchev–Trinajstić information content (AvgIpc) is 2.65. The summed E-state index contributed by atoms with van der Waals surface area (Å²) in [6, 6.07) is 0.367. The number of nitrogens with one attached hydrogen (secondary N) is 1. The quantitative estimate of drug-likeness (QED) is 0.878. The molecule has 0 aromatic carbocycles. The van der Waals surface area contributed by atoms with Crippen LogP contribution in [0, 0.1) is 12.8 Å². The van der Waals surface area contributed by atoms with Crippen LogP contribution in [0.3, 0.4) is 0 Å². The summed E-state index contributed by atoms with van der Waals surface area (Å²) in [5.74, 6) is 0.373. The Kier molecular flexibility index (Phi) is 4.12. The third-order valence-corrected chi connectivity index (χ3v) is 4.19. The van der Waals surface area contributed by atoms with Crippen molar-refractivity contribution in [2.75, 3.05) is 5.32 Å². The zero-order chi connectivity index (χ0) is 14.0. The number of nitrogens with zero attached hydrogens (tertiary/aromatic N) is 2. The fourth-order valence-corrected chi connectivity index (χ4v) is 3.14. The van der Waals surface area contributed by atoms with Crippen LogP contribution >= 0.6 is 0 Å². The molecule has 2 atom stereocenters. The van der Waals surface area contributed by atoms with E-state index >= 15 is 0 Å². The van der Waals surface area contributed by atoms with Crippen molar-refractivity contribution >= 4 is 11.8 Å². The van der Waals surface area contributed by atoms with E-state index in [1.165, 1.54) is 19.3 Å². The van der Waals surface area contributed by atoms with Crippen LogP contribution in [0.1, 0.15) is 55.1 Å². The van der Waals surface area contributed by atoms with Gasteiger partial charge in [0.15, 0.2) is 0 Å². The molecule has 0 aliphatic heterocycles. The molecule has 0 amide bonds. The maximum Gasteiger partial charge on any atom is 0.341 e. The van der Waals surface area contributed by atoms with E-state index in [-0.39, 0.29) is 0 Å². The van der Waals surface area contributed by atoms with Crippen molar-refractivity contribution in [1.29, 1.82) is 0 Å². The van der Waals surface area contributed by atoms with Crippen LogP contribution < -0.4 is 5.32 Å². The van der Waals surface area contributed by atoms with Gasteiger partial charge in [-0.1, -0.05) is 26.2 Å². The Balaban J connectivity index is 2.24. The number of aromatic nitrogens is 2. The van der Waals surface area contributed by atoms with Gasteiger partial charge in [-0.2, -0.15) is 5.10 Å². The first-order chi connectivity index (χ1) is 9.04. The monoisotopic (exact) mass is 265 g/mol. The van der Waals surface area contributed by atoms with Gasteiger partial charge in [-0.15, -0.1) is 0 Å². The highest BCUT2D eigenvalue weighted by molar-refractivity contribution is 5.94. The third kappa shape index (κ3) is 2.74. The van der Waals surface area contributed by atoms with Gasteiger partial charge in [0.25, 0.3) is 0 Å². The van der Waals surface area contributed by atoms with E-state index in [0.29, 0.717) is 29.0 Å². The summed E-state index contributed by atoms with van der Waals surface area (Å²) in [4.78, 5) is 11.4. The number of anilines is 1. The number of aryl methyl sites for hydroxylation is 2. The van der Waals surface area contributed by atoms with Crippen LogP contribution in [0.4, 0.5) is 5.82 Å². The highest BCUT2D eigenvalue weighted by atomic mass is 16.4. The minimum atomic E-state index is -0.906. The second kappa shape index (κ2) is 5.63. The Morgan fingerprint density at radius 1 is 1.47 bits per heavy atom. The molecule has 2 rings (SSSR count). The summed E-state index contributed by atoms with van der Waals surface area (Å²) in [7, 11) is 1.80. The zero-order valence-electron chi connectivity index (χ0n) is 11.9. The molecule has 0 bridgehead atoms. The van der Waals surface area contributed by atoms with Gasteiger partial charge in [0.1, 0.15) is 11.4 Å². The van der Waals surface area contributed by atoms with Gasteiger partial charge in [0, 0.05) is 13.1 Å². The van der Waals surface area contributed by atoms with Gasteiger partial charge in [0.2, 0.25) is 0 Å². The van der Waals surface area contributed by atoms with Crippen molar-refractivity contribution in [2.24, 2.45) is 13.0 Å². The maximum atomic E-state index is 11.4. The summed E-state index contributed by atoms with van der Waals surface area (Å²) >= 11 is 0. The molecule has 1 aromatic heterocycles. The second-order valence-electron chi connectivity index (χ2n) is 5.44. The summed E-state index contributed by atoms with van der Waals surface area (Å²) in [5.41, 5.74) is 0.879. The van der Waals surface area contributed by atoms with E-state index in [1.54, 1.807) is 18.7 Å². The molecule has 1 saturated carbocycles. The molecule has 19 heavy (non-hydrogen) atoms. The van der Waals surface area contributed by atoms with Gasteiger partial charge in [0.05, 0.1) is 5.69 Å². The third-order valence-electron chi connectivity index (χ3n) is 4.19. The largest absolute Gasteiger partial charge is 0.477 e. The standard InChI is InChI=1S/C14H23N3O2/c1-4-10-7-5-6-8-11(10)15-13-12(14(18)19)9(2)16-17(13)3/h10-11,15H,4-8H2,1-3H3,(H,18,19). The molecule has 5 heteroatoms. The van der Waals surface area contributed by atoms with Gasteiger partial charge in [-0.05, 0) is 25.7 Å². The first kappa shape index (κ1) is 13.9. The van der Waals surface area contributed by atoms with Crippen LogP contribution in [-0.4, -0.2) is 26.9 Å². The molecule has 0 radical (unpaired) electrons. The molecule has 1 aliphatic carbocycles. The van der Waals surface area contributed by atoms with E-state index in [9.17, 15) is 9.90 Å². The second-order valence-corrected chi connectivity index (χ2v) is 5.44. The number of carboxylic acids is 1. The Labute approximate surface area is 114 Å². The van der Waals surface area contributed by atoms with E-state index < -0.39 is 5.97 Å². The summed E-state index contributed by atoms with van der Waals surface area (Å²) in [5, 5.41) is 17.0. The topological polar surface area (TPSA) is 67.2 Å². The lowest BCUT2D eigenvalue weighted by Crippen LogP contribution is -2.33. The van der Waals surface area contributed by atoms with E-state index in [0.717, 1.165) is 12.8 Å². The van der Waals surface area contributed by atoms with Crippen LogP contribution in [-0.2, 0) is 7.05 Å². The molecular weight excluding hydrogens is 242 g/mol. The molecule has 1 fully saturated rings. The molecular formula is C14H23N3O2. The minimum Gasteiger partial charge on any atom is -0.477 e. The predicted molar refractivity (Wildman–Crippen MR) is 74.6 cm³/mol. The van der Waals surface area contributed by atoms with Crippen molar-refractivity contribution < 1.29 is 9.90 Å². The molecule has 1 aliphatic rings. The van der Waals surface area contributed by atoms with Crippen LogP contribution in [0.2, 0.25) is 0 Å². The molecule has 0 saturated heterocycles. The number of hydrogen-bond donors (Lipinski definition) is 2. The van der Waals surface area contributed by atoms with E-state index in [2.05, 4.69) is 17.3 Å². The van der Waals surface area contributed by atoms with Crippen molar-refractivity contribution in [3.05, 3.63) is 11.3 Å². The zero-order valence-corrected chi connectivity index (χ0v) is 11.9. The van der Waals surface area contributed by atoms with Crippen LogP contribution in [0.25, 0.3) is 0 Å². The van der Waals surface area contributed by atoms with Crippen molar-refractivity contribution in [2.45, 2.75) is 52.0 Å². The SMILES string of the molecule is CCC1CCCCC1Nc1c(C(=O)O)c(C)nn1C. The van der Waals surface area contributed by atoms with E-state index in [1.807, 2.05) is 0 Å². The Morgan fingerprint density at radius 3 is 2.79 bits per heavy atom. The summed E-state index contributed by atoms with van der Waals surface area (Å²) in [6.07, 6.45) is 5.98. The van der Waals surface area contributed by atoms with Gasteiger partial charge < -0.3 is 10.4 Å². The Hall–Kier alpha value is -1.52. The molecule has 0 spiro atoms. The summed E-state index contributed by atoms with van der Waals surface area (Å²) < 4.78 is 1.65. The molecule has 2 unspecified atom stereocenters. The van der Waals surface area contributed by atoms with Gasteiger partial charge in [-0.3, -0.25) is 4.68 Å².